The molecule has 0 spiro atoms. The van der Waals surface area contributed by atoms with E-state index in [1.807, 2.05) is 4.90 Å². The van der Waals surface area contributed by atoms with Gasteiger partial charge >= 0.3 is 0 Å². The van der Waals surface area contributed by atoms with Crippen LogP contribution in [0.3, 0.4) is 0 Å². The lowest BCUT2D eigenvalue weighted by Gasteiger charge is -2.13. The number of aldehydes is 1. The summed E-state index contributed by atoms with van der Waals surface area (Å²) in [6.45, 7) is 0.674. The summed E-state index contributed by atoms with van der Waals surface area (Å²) in [6, 6.07) is 0.387. The largest absolute Gasteiger partial charge is 0.339 e. The molecule has 3 nitrogen and oxygen atoms in total. The molecule has 0 radical (unpaired) electrons. The van der Waals surface area contributed by atoms with Crippen molar-refractivity contribution in [3.05, 3.63) is 0 Å². The van der Waals surface area contributed by atoms with E-state index >= 15 is 0 Å². The first kappa shape index (κ1) is 6.83. The Bertz CT molecular complexity index is 202. The van der Waals surface area contributed by atoms with Crippen molar-refractivity contribution in [3.63, 3.8) is 0 Å². The smallest absolute Gasteiger partial charge is 0.222 e. The lowest BCUT2D eigenvalue weighted by Crippen LogP contribution is -2.27. The standard InChI is InChI=1S/C8H11NO2/c10-5-6-3-7-1-2-8(11)9(7)4-6/h5-7H,1-4H2/t6-,7+/m0/s1. The van der Waals surface area contributed by atoms with E-state index in [0.717, 1.165) is 19.1 Å². The molecular formula is C8H11NO2. The van der Waals surface area contributed by atoms with Crippen LogP contribution in [0.25, 0.3) is 0 Å². The minimum atomic E-state index is 0.115. The van der Waals surface area contributed by atoms with Crippen LogP contribution in [0.5, 0.6) is 0 Å². The lowest BCUT2D eigenvalue weighted by molar-refractivity contribution is -0.128. The van der Waals surface area contributed by atoms with E-state index in [1.54, 1.807) is 0 Å². The summed E-state index contributed by atoms with van der Waals surface area (Å²) in [5, 5.41) is 0. The number of hydrogen-bond acceptors (Lipinski definition) is 2. The highest BCUT2D eigenvalue weighted by molar-refractivity contribution is 5.80. The molecule has 0 aromatic heterocycles. The fourth-order valence-corrected chi connectivity index (χ4v) is 2.06. The summed E-state index contributed by atoms with van der Waals surface area (Å²) < 4.78 is 0. The first-order valence-electron chi connectivity index (χ1n) is 4.06. The lowest BCUT2D eigenvalue weighted by atomic mass is 10.1. The molecule has 0 aromatic carbocycles. The Morgan fingerprint density at radius 1 is 1.55 bits per heavy atom. The summed E-state index contributed by atoms with van der Waals surface area (Å²) >= 11 is 0. The van der Waals surface area contributed by atoms with Crippen molar-refractivity contribution in [2.45, 2.75) is 25.3 Å². The minimum absolute atomic E-state index is 0.115. The molecule has 2 aliphatic rings. The number of hydrogen-bond donors (Lipinski definition) is 0. The minimum Gasteiger partial charge on any atom is -0.339 e. The highest BCUT2D eigenvalue weighted by atomic mass is 16.2. The second kappa shape index (κ2) is 2.32. The molecule has 0 unspecified atom stereocenters. The van der Waals surface area contributed by atoms with E-state index < -0.39 is 0 Å². The van der Waals surface area contributed by atoms with Gasteiger partial charge in [0.05, 0.1) is 0 Å². The number of amides is 1. The molecule has 0 aliphatic carbocycles. The van der Waals surface area contributed by atoms with Crippen molar-refractivity contribution in [1.82, 2.24) is 4.90 Å². The van der Waals surface area contributed by atoms with E-state index in [-0.39, 0.29) is 11.8 Å². The van der Waals surface area contributed by atoms with Gasteiger partial charge in [-0.3, -0.25) is 4.79 Å². The Hall–Kier alpha value is -0.860. The quantitative estimate of drug-likeness (QED) is 0.504. The van der Waals surface area contributed by atoms with Crippen LogP contribution in [0, 0.1) is 5.92 Å². The molecule has 0 N–H and O–H groups in total. The molecule has 1 amide bonds. The number of carbonyl (C=O) groups excluding carboxylic acids is 2. The Labute approximate surface area is 65.4 Å². The maximum atomic E-state index is 11.1. The van der Waals surface area contributed by atoms with Crippen LogP contribution in [0.15, 0.2) is 0 Å². The average Bonchev–Trinajstić information content (AvgIpc) is 2.53. The predicted molar refractivity (Wildman–Crippen MR) is 38.9 cm³/mol. The third kappa shape index (κ3) is 0.951. The molecule has 2 saturated heterocycles. The zero-order valence-electron chi connectivity index (χ0n) is 6.32. The third-order valence-electron chi connectivity index (χ3n) is 2.65. The predicted octanol–water partition coefficient (Wildman–Crippen LogP) is 0.196. The highest BCUT2D eigenvalue weighted by Gasteiger charge is 2.39. The van der Waals surface area contributed by atoms with Crippen LogP contribution in [0.4, 0.5) is 0 Å². The van der Waals surface area contributed by atoms with Gasteiger partial charge in [0.25, 0.3) is 0 Å². The van der Waals surface area contributed by atoms with Crippen molar-refractivity contribution < 1.29 is 9.59 Å². The molecule has 2 aliphatic heterocycles. The topological polar surface area (TPSA) is 37.4 Å². The molecular weight excluding hydrogens is 142 g/mol. The van der Waals surface area contributed by atoms with Gasteiger partial charge in [-0.05, 0) is 12.8 Å². The summed E-state index contributed by atoms with van der Waals surface area (Å²) in [6.07, 6.45) is 3.53. The van der Waals surface area contributed by atoms with Gasteiger partial charge in [-0.15, -0.1) is 0 Å². The number of carbonyl (C=O) groups is 2. The summed E-state index contributed by atoms with van der Waals surface area (Å²) in [5.74, 6) is 0.351. The van der Waals surface area contributed by atoms with Crippen molar-refractivity contribution in [3.8, 4) is 0 Å². The molecule has 0 aromatic rings. The Kier molecular flexibility index (Phi) is 1.44. The first-order valence-corrected chi connectivity index (χ1v) is 4.06. The molecule has 2 rings (SSSR count). The number of fused-ring (bicyclic) bond motifs is 1. The highest BCUT2D eigenvalue weighted by Crippen LogP contribution is 2.30. The Morgan fingerprint density at radius 3 is 3.00 bits per heavy atom. The van der Waals surface area contributed by atoms with Gasteiger partial charge in [0.15, 0.2) is 0 Å². The second-order valence-electron chi connectivity index (χ2n) is 3.37. The van der Waals surface area contributed by atoms with Crippen LogP contribution in [0.2, 0.25) is 0 Å². The van der Waals surface area contributed by atoms with Gasteiger partial charge in [0.1, 0.15) is 6.29 Å². The van der Waals surface area contributed by atoms with Gasteiger partial charge in [-0.25, -0.2) is 0 Å². The number of nitrogens with zero attached hydrogens (tertiary/aromatic N) is 1. The maximum absolute atomic E-state index is 11.1. The van der Waals surface area contributed by atoms with E-state index in [0.29, 0.717) is 19.0 Å². The van der Waals surface area contributed by atoms with Crippen molar-refractivity contribution in [1.29, 1.82) is 0 Å². The van der Waals surface area contributed by atoms with E-state index in [1.165, 1.54) is 0 Å². The first-order chi connectivity index (χ1) is 5.31. The van der Waals surface area contributed by atoms with Crippen LogP contribution >= 0.6 is 0 Å². The summed E-state index contributed by atoms with van der Waals surface area (Å²) in [5.41, 5.74) is 0. The fraction of sp³-hybridized carbons (Fsp3) is 0.750. The van der Waals surface area contributed by atoms with E-state index in [2.05, 4.69) is 0 Å². The normalized spacial score (nSPS) is 36.0. The van der Waals surface area contributed by atoms with Crippen LogP contribution in [-0.2, 0) is 9.59 Å². The fourth-order valence-electron chi connectivity index (χ4n) is 2.06. The zero-order chi connectivity index (χ0) is 7.84. The molecule has 0 bridgehead atoms. The zero-order valence-corrected chi connectivity index (χ0v) is 6.32. The van der Waals surface area contributed by atoms with Gasteiger partial charge in [-0.1, -0.05) is 0 Å². The molecule has 60 valence electrons. The van der Waals surface area contributed by atoms with E-state index in [9.17, 15) is 9.59 Å². The molecule has 2 heterocycles. The van der Waals surface area contributed by atoms with Crippen LogP contribution < -0.4 is 0 Å². The maximum Gasteiger partial charge on any atom is 0.222 e. The second-order valence-corrected chi connectivity index (χ2v) is 3.37. The molecule has 2 atom stereocenters. The van der Waals surface area contributed by atoms with Gasteiger partial charge in [0, 0.05) is 24.9 Å². The summed E-state index contributed by atoms with van der Waals surface area (Å²) in [4.78, 5) is 23.4. The Morgan fingerprint density at radius 2 is 2.36 bits per heavy atom. The third-order valence-corrected chi connectivity index (χ3v) is 2.65. The molecule has 2 fully saturated rings. The molecule has 11 heavy (non-hydrogen) atoms. The van der Waals surface area contributed by atoms with Gasteiger partial charge < -0.3 is 9.69 Å². The SMILES string of the molecule is O=C[C@H]1C[C@H]2CCC(=O)N2C1. The number of rotatable bonds is 1. The van der Waals surface area contributed by atoms with Crippen molar-refractivity contribution in [2.24, 2.45) is 5.92 Å². The van der Waals surface area contributed by atoms with Crippen LogP contribution in [0.1, 0.15) is 19.3 Å². The average molecular weight is 153 g/mol. The van der Waals surface area contributed by atoms with Gasteiger partial charge in [-0.2, -0.15) is 0 Å². The molecule has 0 saturated carbocycles. The monoisotopic (exact) mass is 153 g/mol. The van der Waals surface area contributed by atoms with E-state index in [4.69, 9.17) is 0 Å². The Balaban J connectivity index is 2.09. The van der Waals surface area contributed by atoms with Crippen molar-refractivity contribution in [2.75, 3.05) is 6.54 Å². The molecule has 3 heteroatoms. The van der Waals surface area contributed by atoms with Crippen LogP contribution in [-0.4, -0.2) is 29.7 Å². The van der Waals surface area contributed by atoms with Gasteiger partial charge in [0.2, 0.25) is 5.91 Å². The summed E-state index contributed by atoms with van der Waals surface area (Å²) in [7, 11) is 0. The van der Waals surface area contributed by atoms with Crippen molar-refractivity contribution >= 4 is 12.2 Å².